The molecule has 10 heteroatoms. The predicted molar refractivity (Wildman–Crippen MR) is 175 cm³/mol. The van der Waals surface area contributed by atoms with E-state index >= 15 is 4.39 Å². The summed E-state index contributed by atoms with van der Waals surface area (Å²) in [6.45, 7) is 19.1. The first-order valence-electron chi connectivity index (χ1n) is 15.1. The molecule has 3 aromatic heterocycles. The Bertz CT molecular complexity index is 1840. The first-order valence-corrected chi connectivity index (χ1v) is 15.1. The van der Waals surface area contributed by atoms with Crippen LogP contribution >= 0.6 is 0 Å². The van der Waals surface area contributed by atoms with Gasteiger partial charge in [-0.05, 0) is 48.9 Å². The van der Waals surface area contributed by atoms with Crippen LogP contribution in [-0.4, -0.2) is 55.5 Å². The smallest absolute Gasteiger partial charge is 0.347 e. The highest BCUT2D eigenvalue weighted by Gasteiger charge is 2.36. The zero-order valence-electron chi connectivity index (χ0n) is 26.5. The Morgan fingerprint density at radius 1 is 1.04 bits per heavy atom. The molecule has 5 rings (SSSR count). The minimum atomic E-state index is -1.04. The van der Waals surface area contributed by atoms with E-state index in [-0.39, 0.29) is 54.2 Å². The minimum Gasteiger partial charge on any atom is -0.347 e. The number of anilines is 1. The maximum atomic E-state index is 16.2. The lowest BCUT2D eigenvalue weighted by Crippen LogP contribution is -2.59. The molecule has 1 aliphatic rings. The summed E-state index contributed by atoms with van der Waals surface area (Å²) in [4.78, 5) is 44.1. The molecule has 4 heterocycles. The third kappa shape index (κ3) is 5.65. The van der Waals surface area contributed by atoms with Crippen LogP contribution in [-0.2, 0) is 4.79 Å². The zero-order valence-corrected chi connectivity index (χ0v) is 26.5. The molecule has 2 atom stereocenters. The molecule has 0 spiro atoms. The van der Waals surface area contributed by atoms with Crippen molar-refractivity contribution in [1.29, 1.82) is 0 Å². The van der Waals surface area contributed by atoms with Crippen LogP contribution < -0.4 is 10.6 Å². The van der Waals surface area contributed by atoms with E-state index in [0.29, 0.717) is 27.9 Å². The molecule has 0 unspecified atom stereocenters. The van der Waals surface area contributed by atoms with Crippen molar-refractivity contribution in [1.82, 2.24) is 24.4 Å². The van der Waals surface area contributed by atoms with E-state index in [4.69, 9.17) is 4.98 Å². The fraction of sp³-hybridized carbons (Fsp3) is 0.343. The average molecular weight is 613 g/mol. The summed E-state index contributed by atoms with van der Waals surface area (Å²) in [6.07, 6.45) is 3.37. The lowest BCUT2D eigenvalue weighted by Gasteiger charge is -2.45. The Morgan fingerprint density at radius 2 is 1.71 bits per heavy atom. The molecule has 0 N–H and O–H groups in total. The number of fused-ring (bicyclic) bond motifs is 1. The number of hydrogen-bond donors (Lipinski definition) is 0. The normalized spacial score (nSPS) is 16.9. The SMILES string of the molecule is C=Cc1ccccc1-c1nc2c(cc1F)c(N1[C@@H](C)CN(C(=O)C(=C)F)C[C@@H]1C)nc(=O)n2-c1c(C(C)C)ccnc1C(C)C. The molecule has 1 fully saturated rings. The van der Waals surface area contributed by atoms with Crippen LogP contribution in [0.5, 0.6) is 0 Å². The summed E-state index contributed by atoms with van der Waals surface area (Å²) >= 11 is 0. The lowest BCUT2D eigenvalue weighted by atomic mass is 9.97. The molecule has 45 heavy (non-hydrogen) atoms. The van der Waals surface area contributed by atoms with Crippen LogP contribution in [0.25, 0.3) is 34.1 Å². The number of carbonyl (C=O) groups excluding carboxylic acids is 1. The van der Waals surface area contributed by atoms with Gasteiger partial charge >= 0.3 is 5.69 Å². The van der Waals surface area contributed by atoms with Crippen LogP contribution in [0.1, 0.15) is 70.2 Å². The molecule has 0 aliphatic carbocycles. The van der Waals surface area contributed by atoms with Crippen LogP contribution in [0.2, 0.25) is 0 Å². The maximum Gasteiger partial charge on any atom is 0.355 e. The molecule has 1 saturated heterocycles. The van der Waals surface area contributed by atoms with Gasteiger partial charge in [0.2, 0.25) is 0 Å². The van der Waals surface area contributed by atoms with Gasteiger partial charge < -0.3 is 9.80 Å². The molecule has 1 aliphatic heterocycles. The highest BCUT2D eigenvalue weighted by molar-refractivity contribution is 5.93. The van der Waals surface area contributed by atoms with Gasteiger partial charge in [-0.3, -0.25) is 9.78 Å². The number of aromatic nitrogens is 4. The van der Waals surface area contributed by atoms with Gasteiger partial charge in [0.05, 0.1) is 16.8 Å². The van der Waals surface area contributed by atoms with Gasteiger partial charge in [-0.2, -0.15) is 4.98 Å². The van der Waals surface area contributed by atoms with Crippen molar-refractivity contribution in [3.8, 4) is 16.9 Å². The van der Waals surface area contributed by atoms with Gasteiger partial charge in [-0.25, -0.2) is 23.1 Å². The third-order valence-corrected chi connectivity index (χ3v) is 8.30. The number of piperazine rings is 1. The molecule has 0 bridgehead atoms. The fourth-order valence-electron chi connectivity index (χ4n) is 6.28. The number of pyridine rings is 2. The van der Waals surface area contributed by atoms with Gasteiger partial charge in [0.15, 0.2) is 11.5 Å². The van der Waals surface area contributed by atoms with E-state index in [1.807, 2.05) is 64.6 Å². The summed E-state index contributed by atoms with van der Waals surface area (Å²) < 4.78 is 31.4. The molecule has 4 aromatic rings. The van der Waals surface area contributed by atoms with Crippen molar-refractivity contribution in [3.63, 3.8) is 0 Å². The van der Waals surface area contributed by atoms with E-state index in [2.05, 4.69) is 23.1 Å². The fourth-order valence-corrected chi connectivity index (χ4v) is 6.28. The molecule has 8 nitrogen and oxygen atoms in total. The Morgan fingerprint density at radius 3 is 2.31 bits per heavy atom. The molecule has 1 amide bonds. The number of amides is 1. The van der Waals surface area contributed by atoms with E-state index < -0.39 is 23.2 Å². The molecule has 1 aromatic carbocycles. The van der Waals surface area contributed by atoms with Crippen molar-refractivity contribution in [2.24, 2.45) is 0 Å². The van der Waals surface area contributed by atoms with Gasteiger partial charge in [0.1, 0.15) is 17.3 Å². The van der Waals surface area contributed by atoms with Crippen LogP contribution in [0.15, 0.2) is 66.4 Å². The zero-order chi connectivity index (χ0) is 32.7. The summed E-state index contributed by atoms with van der Waals surface area (Å²) in [7, 11) is 0. The third-order valence-electron chi connectivity index (χ3n) is 8.30. The van der Waals surface area contributed by atoms with Crippen molar-refractivity contribution in [2.45, 2.75) is 65.5 Å². The maximum absolute atomic E-state index is 16.2. The number of halogens is 2. The van der Waals surface area contributed by atoms with E-state index in [1.165, 1.54) is 15.5 Å². The summed E-state index contributed by atoms with van der Waals surface area (Å²) in [5, 5.41) is 0.327. The van der Waals surface area contributed by atoms with E-state index in [1.54, 1.807) is 24.4 Å². The van der Waals surface area contributed by atoms with Crippen molar-refractivity contribution < 1.29 is 13.6 Å². The van der Waals surface area contributed by atoms with Gasteiger partial charge in [0, 0.05) is 36.9 Å². The molecule has 0 saturated carbocycles. The molecular formula is C35H38F2N6O2. The van der Waals surface area contributed by atoms with Crippen LogP contribution in [0.3, 0.4) is 0 Å². The quantitative estimate of drug-likeness (QED) is 0.214. The molecular weight excluding hydrogens is 574 g/mol. The van der Waals surface area contributed by atoms with Crippen molar-refractivity contribution in [3.05, 3.63) is 94.7 Å². The first-order chi connectivity index (χ1) is 21.3. The Balaban J connectivity index is 1.86. The Kier molecular flexibility index (Phi) is 8.69. The second-order valence-corrected chi connectivity index (χ2v) is 12.2. The Labute approximate surface area is 261 Å². The Hall–Kier alpha value is -4.73. The van der Waals surface area contributed by atoms with Gasteiger partial charge in [-0.15, -0.1) is 0 Å². The van der Waals surface area contributed by atoms with Crippen LogP contribution in [0.4, 0.5) is 14.6 Å². The highest BCUT2D eigenvalue weighted by atomic mass is 19.1. The summed E-state index contributed by atoms with van der Waals surface area (Å²) in [5.41, 5.74) is 3.09. The largest absolute Gasteiger partial charge is 0.355 e. The second kappa shape index (κ2) is 12.3. The van der Waals surface area contributed by atoms with Gasteiger partial charge in [-0.1, -0.05) is 71.2 Å². The number of hydrogen-bond acceptors (Lipinski definition) is 6. The van der Waals surface area contributed by atoms with Crippen LogP contribution in [0, 0.1) is 5.82 Å². The van der Waals surface area contributed by atoms with Crippen molar-refractivity contribution in [2.75, 3.05) is 18.0 Å². The minimum absolute atomic E-state index is 0.0273. The van der Waals surface area contributed by atoms with E-state index in [9.17, 15) is 14.0 Å². The monoisotopic (exact) mass is 612 g/mol. The number of benzene rings is 1. The summed E-state index contributed by atoms with van der Waals surface area (Å²) in [5.74, 6) is -2.18. The number of rotatable bonds is 7. The predicted octanol–water partition coefficient (Wildman–Crippen LogP) is 6.78. The number of carbonyl (C=O) groups is 1. The average Bonchev–Trinajstić information content (AvgIpc) is 2.99. The second-order valence-electron chi connectivity index (χ2n) is 12.2. The standard InChI is InChI=1S/C35H38F2N6O2/c1-9-24-12-10-11-13-26(24)30-28(37)16-27-32(39-30)43(31-25(19(2)3)14-15-38-29(31)20(4)5)35(45)40-33(27)42-21(6)17-41(18-22(42)7)34(44)23(8)36/h9-16,19-22H,1,8,17-18H2,2-7H3/t21-,22-/m0/s1. The number of nitrogens with zero attached hydrogens (tertiary/aromatic N) is 6. The topological polar surface area (TPSA) is 84.2 Å². The van der Waals surface area contributed by atoms with E-state index in [0.717, 1.165) is 5.56 Å². The van der Waals surface area contributed by atoms with Gasteiger partial charge in [0.25, 0.3) is 5.91 Å². The molecule has 234 valence electrons. The summed E-state index contributed by atoms with van der Waals surface area (Å²) in [6, 6.07) is 9.70. The van der Waals surface area contributed by atoms with Crippen molar-refractivity contribution >= 4 is 28.8 Å². The first kappa shape index (κ1) is 31.7. The lowest BCUT2D eigenvalue weighted by molar-refractivity contribution is -0.129. The highest BCUT2D eigenvalue weighted by Crippen LogP contribution is 2.36. The molecule has 0 radical (unpaired) electrons.